The highest BCUT2D eigenvalue weighted by Gasteiger charge is 2.10. The minimum absolute atomic E-state index is 0.101. The summed E-state index contributed by atoms with van der Waals surface area (Å²) in [4.78, 5) is 5.24. The third-order valence-electron chi connectivity index (χ3n) is 2.28. The van der Waals surface area contributed by atoms with Crippen LogP contribution in [0.5, 0.6) is 0 Å². The Morgan fingerprint density at radius 1 is 1.53 bits per heavy atom. The second-order valence-electron chi connectivity index (χ2n) is 3.56. The summed E-state index contributed by atoms with van der Waals surface area (Å²) in [5.74, 6) is 0. The summed E-state index contributed by atoms with van der Waals surface area (Å²) in [6, 6.07) is 0.101. The van der Waals surface area contributed by atoms with E-state index in [4.69, 9.17) is 10.3 Å². The Morgan fingerprint density at radius 3 is 3.00 bits per heavy atom. The molecular formula is C10H13N3OS. The lowest BCUT2D eigenvalue weighted by atomic mass is 10.0. The molecule has 0 bridgehead atoms. The maximum absolute atomic E-state index is 6.03. The molecule has 0 saturated heterocycles. The zero-order valence-electron chi connectivity index (χ0n) is 8.51. The van der Waals surface area contributed by atoms with Gasteiger partial charge in [-0.3, -0.25) is 4.98 Å². The predicted molar refractivity (Wildman–Crippen MR) is 58.7 cm³/mol. The Hall–Kier alpha value is -1.20. The van der Waals surface area contributed by atoms with Gasteiger partial charge in [0.2, 0.25) is 0 Å². The first-order valence-electron chi connectivity index (χ1n) is 4.78. The van der Waals surface area contributed by atoms with Gasteiger partial charge in [0.1, 0.15) is 6.26 Å². The molecule has 0 radical (unpaired) electrons. The van der Waals surface area contributed by atoms with E-state index in [1.807, 2.05) is 18.6 Å². The van der Waals surface area contributed by atoms with Gasteiger partial charge in [-0.25, -0.2) is 0 Å². The van der Waals surface area contributed by atoms with Crippen molar-refractivity contribution in [3.8, 4) is 0 Å². The van der Waals surface area contributed by atoms with Crippen molar-refractivity contribution >= 4 is 11.3 Å². The summed E-state index contributed by atoms with van der Waals surface area (Å²) in [6.07, 6.45) is 5.19. The molecule has 0 fully saturated rings. The average molecular weight is 223 g/mol. The summed E-state index contributed by atoms with van der Waals surface area (Å²) >= 11 is 1.64. The quantitative estimate of drug-likeness (QED) is 0.854. The molecule has 0 aliphatic rings. The molecule has 0 aliphatic heterocycles. The second-order valence-corrected chi connectivity index (χ2v) is 4.53. The molecule has 0 saturated carbocycles. The van der Waals surface area contributed by atoms with Gasteiger partial charge in [-0.2, -0.15) is 0 Å². The monoisotopic (exact) mass is 223 g/mol. The van der Waals surface area contributed by atoms with Crippen LogP contribution in [0.3, 0.4) is 0 Å². The van der Waals surface area contributed by atoms with Crippen LogP contribution in [0.2, 0.25) is 0 Å². The number of hydrogen-bond donors (Lipinski definition) is 1. The first-order valence-corrected chi connectivity index (χ1v) is 5.66. The van der Waals surface area contributed by atoms with E-state index in [0.29, 0.717) is 0 Å². The molecule has 15 heavy (non-hydrogen) atoms. The van der Waals surface area contributed by atoms with Crippen LogP contribution < -0.4 is 5.73 Å². The Labute approximate surface area is 92.1 Å². The zero-order valence-corrected chi connectivity index (χ0v) is 9.33. The van der Waals surface area contributed by atoms with E-state index < -0.39 is 0 Å². The summed E-state index contributed by atoms with van der Waals surface area (Å²) < 4.78 is 4.87. The highest BCUT2D eigenvalue weighted by atomic mass is 32.1. The molecule has 2 rings (SSSR count). The molecule has 0 aromatic carbocycles. The molecule has 2 heterocycles. The second kappa shape index (κ2) is 4.55. The van der Waals surface area contributed by atoms with Crippen molar-refractivity contribution in [3.05, 3.63) is 34.1 Å². The molecule has 0 spiro atoms. The topological polar surface area (TPSA) is 64.9 Å². The molecule has 2 aromatic heterocycles. The van der Waals surface area contributed by atoms with Crippen LogP contribution in [0.4, 0.5) is 0 Å². The van der Waals surface area contributed by atoms with Gasteiger partial charge in [-0.05, 0) is 19.8 Å². The molecule has 1 atom stereocenters. The van der Waals surface area contributed by atoms with Gasteiger partial charge in [0.15, 0.2) is 0 Å². The van der Waals surface area contributed by atoms with Crippen LogP contribution in [-0.2, 0) is 12.8 Å². The van der Waals surface area contributed by atoms with Crippen LogP contribution in [0.15, 0.2) is 22.5 Å². The summed E-state index contributed by atoms with van der Waals surface area (Å²) in [5, 5.41) is 3.83. The van der Waals surface area contributed by atoms with E-state index in [9.17, 15) is 0 Å². The smallest absolute Gasteiger partial charge is 0.127 e. The van der Waals surface area contributed by atoms with E-state index in [1.54, 1.807) is 17.6 Å². The minimum Gasteiger partial charge on any atom is -0.364 e. The lowest BCUT2D eigenvalue weighted by molar-refractivity contribution is 0.414. The van der Waals surface area contributed by atoms with Crippen molar-refractivity contribution in [3.63, 3.8) is 0 Å². The van der Waals surface area contributed by atoms with Crippen molar-refractivity contribution in [2.75, 3.05) is 0 Å². The SMILES string of the molecule is Cc1nocc1CC(N)Cc1cncs1. The van der Waals surface area contributed by atoms with E-state index in [1.165, 1.54) is 4.88 Å². The van der Waals surface area contributed by atoms with Crippen LogP contribution in [0.1, 0.15) is 16.1 Å². The van der Waals surface area contributed by atoms with E-state index in [2.05, 4.69) is 10.1 Å². The van der Waals surface area contributed by atoms with E-state index in [-0.39, 0.29) is 6.04 Å². The molecule has 0 aliphatic carbocycles. The highest BCUT2D eigenvalue weighted by Crippen LogP contribution is 2.12. The fourth-order valence-electron chi connectivity index (χ4n) is 1.46. The van der Waals surface area contributed by atoms with Crippen LogP contribution in [0.25, 0.3) is 0 Å². The first-order chi connectivity index (χ1) is 7.25. The van der Waals surface area contributed by atoms with Crippen molar-refractivity contribution in [1.82, 2.24) is 10.1 Å². The lowest BCUT2D eigenvalue weighted by Crippen LogP contribution is -2.25. The Morgan fingerprint density at radius 2 is 2.40 bits per heavy atom. The summed E-state index contributed by atoms with van der Waals surface area (Å²) in [6.45, 7) is 1.93. The average Bonchev–Trinajstić information content (AvgIpc) is 2.79. The Kier molecular flexibility index (Phi) is 3.13. The van der Waals surface area contributed by atoms with Gasteiger partial charge in [0.05, 0.1) is 11.2 Å². The van der Waals surface area contributed by atoms with Crippen molar-refractivity contribution in [2.24, 2.45) is 5.73 Å². The third kappa shape index (κ3) is 2.64. The van der Waals surface area contributed by atoms with E-state index >= 15 is 0 Å². The van der Waals surface area contributed by atoms with Gasteiger partial charge in [0.25, 0.3) is 0 Å². The molecule has 1 unspecified atom stereocenters. The molecule has 2 aromatic rings. The number of nitrogens with zero attached hydrogens (tertiary/aromatic N) is 2. The fraction of sp³-hybridized carbons (Fsp3) is 0.400. The van der Waals surface area contributed by atoms with Crippen LogP contribution in [0, 0.1) is 6.92 Å². The van der Waals surface area contributed by atoms with Crippen LogP contribution >= 0.6 is 11.3 Å². The number of aromatic nitrogens is 2. The first kappa shape index (κ1) is 10.3. The molecule has 2 N–H and O–H groups in total. The number of nitrogens with two attached hydrogens (primary N) is 1. The van der Waals surface area contributed by atoms with Gasteiger partial charge in [-0.1, -0.05) is 5.16 Å². The number of hydrogen-bond acceptors (Lipinski definition) is 5. The Bertz CT molecular complexity index is 410. The van der Waals surface area contributed by atoms with Gasteiger partial charge in [-0.15, -0.1) is 11.3 Å². The molecule has 80 valence electrons. The fourth-order valence-corrected chi connectivity index (χ4v) is 2.15. The number of rotatable bonds is 4. The summed E-state index contributed by atoms with van der Waals surface area (Å²) in [7, 11) is 0. The number of thiazole rings is 1. The standard InChI is InChI=1S/C10H13N3OS/c1-7-8(5-14-13-7)2-9(11)3-10-4-12-6-15-10/h4-6,9H,2-3,11H2,1H3. The normalized spacial score (nSPS) is 12.9. The predicted octanol–water partition coefficient (Wildman–Crippen LogP) is 1.55. The zero-order chi connectivity index (χ0) is 10.7. The lowest BCUT2D eigenvalue weighted by Gasteiger charge is -2.08. The van der Waals surface area contributed by atoms with Gasteiger partial charge >= 0.3 is 0 Å². The number of aryl methyl sites for hydroxylation is 1. The molecule has 4 nitrogen and oxygen atoms in total. The summed E-state index contributed by atoms with van der Waals surface area (Å²) in [5.41, 5.74) is 9.88. The van der Waals surface area contributed by atoms with Gasteiger partial charge < -0.3 is 10.3 Å². The van der Waals surface area contributed by atoms with E-state index in [0.717, 1.165) is 24.1 Å². The van der Waals surface area contributed by atoms with Crippen LogP contribution in [-0.4, -0.2) is 16.2 Å². The minimum atomic E-state index is 0.101. The largest absolute Gasteiger partial charge is 0.364 e. The highest BCUT2D eigenvalue weighted by molar-refractivity contribution is 7.09. The van der Waals surface area contributed by atoms with Crippen molar-refractivity contribution < 1.29 is 4.52 Å². The molecule has 0 amide bonds. The van der Waals surface area contributed by atoms with Crippen molar-refractivity contribution in [2.45, 2.75) is 25.8 Å². The molecular weight excluding hydrogens is 210 g/mol. The van der Waals surface area contributed by atoms with Crippen molar-refractivity contribution in [1.29, 1.82) is 0 Å². The maximum atomic E-state index is 6.03. The van der Waals surface area contributed by atoms with Gasteiger partial charge in [0, 0.05) is 22.7 Å². The maximum Gasteiger partial charge on any atom is 0.127 e. The third-order valence-corrected chi connectivity index (χ3v) is 3.08. The molecule has 5 heteroatoms. The Balaban J connectivity index is 1.93.